The summed E-state index contributed by atoms with van der Waals surface area (Å²) in [5.74, 6) is -0.527. The molecule has 0 aromatic heterocycles. The number of hydrogen-bond acceptors (Lipinski definition) is 2. The van der Waals surface area contributed by atoms with E-state index in [-0.39, 0.29) is 0 Å². The normalized spacial score (nSPS) is 9.33. The molecule has 15 heavy (non-hydrogen) atoms. The van der Waals surface area contributed by atoms with E-state index in [1.54, 1.807) is 6.08 Å². The van der Waals surface area contributed by atoms with Gasteiger partial charge in [0.05, 0.1) is 0 Å². The Bertz CT molecular complexity index is 315. The van der Waals surface area contributed by atoms with Gasteiger partial charge in [-0.1, -0.05) is 43.7 Å². The van der Waals surface area contributed by atoms with Crippen molar-refractivity contribution in [3.05, 3.63) is 41.5 Å². The Morgan fingerprint density at radius 3 is 2.27 bits per heavy atom. The van der Waals surface area contributed by atoms with Gasteiger partial charge in [-0.3, -0.25) is 10.0 Å². The molecular weight excluding hydrogens is 190 g/mol. The molecule has 0 aliphatic heterocycles. The van der Waals surface area contributed by atoms with Gasteiger partial charge in [0.25, 0.3) is 5.91 Å². The van der Waals surface area contributed by atoms with Gasteiger partial charge < -0.3 is 0 Å². The zero-order valence-electron chi connectivity index (χ0n) is 9.32. The van der Waals surface area contributed by atoms with Gasteiger partial charge in [-0.15, -0.1) is 0 Å². The van der Waals surface area contributed by atoms with Crippen LogP contribution in [0.4, 0.5) is 0 Å². The fourth-order valence-corrected chi connectivity index (χ4v) is 0.887. The summed E-state index contributed by atoms with van der Waals surface area (Å²) in [4.78, 5) is 10.6. The molecule has 0 saturated heterocycles. The van der Waals surface area contributed by atoms with E-state index in [4.69, 9.17) is 5.21 Å². The predicted octanol–water partition coefficient (Wildman–Crippen LogP) is 2.54. The van der Waals surface area contributed by atoms with Gasteiger partial charge in [0.15, 0.2) is 0 Å². The SMILES string of the molecule is CC.Cc1ccc(/C=C/C(=O)NO)cc1. The van der Waals surface area contributed by atoms with Crippen molar-refractivity contribution in [2.45, 2.75) is 20.8 Å². The molecule has 0 bridgehead atoms. The van der Waals surface area contributed by atoms with Crippen LogP contribution >= 0.6 is 0 Å². The van der Waals surface area contributed by atoms with Crippen molar-refractivity contribution in [1.82, 2.24) is 5.48 Å². The zero-order valence-corrected chi connectivity index (χ0v) is 9.32. The van der Waals surface area contributed by atoms with Crippen molar-refractivity contribution in [2.24, 2.45) is 0 Å². The standard InChI is InChI=1S/C10H11NO2.C2H6/c1-8-2-4-9(5-3-8)6-7-10(12)11-13;1-2/h2-7,13H,1H3,(H,11,12);1-2H3/b7-6+;. The first-order chi connectivity index (χ1) is 7.22. The Labute approximate surface area is 90.4 Å². The molecule has 2 N–H and O–H groups in total. The molecule has 1 rings (SSSR count). The summed E-state index contributed by atoms with van der Waals surface area (Å²) in [6.45, 7) is 5.99. The van der Waals surface area contributed by atoms with Crippen LogP contribution in [0.1, 0.15) is 25.0 Å². The Kier molecular flexibility index (Phi) is 6.93. The molecule has 1 aromatic rings. The van der Waals surface area contributed by atoms with E-state index >= 15 is 0 Å². The number of nitrogens with one attached hydrogen (secondary N) is 1. The molecule has 3 nitrogen and oxygen atoms in total. The largest absolute Gasteiger partial charge is 0.288 e. The number of aryl methyl sites for hydroxylation is 1. The van der Waals surface area contributed by atoms with Gasteiger partial charge in [0, 0.05) is 6.08 Å². The number of carbonyl (C=O) groups excluding carboxylic acids is 1. The van der Waals surface area contributed by atoms with Crippen LogP contribution in [0, 0.1) is 6.92 Å². The monoisotopic (exact) mass is 207 g/mol. The first-order valence-electron chi connectivity index (χ1n) is 4.91. The summed E-state index contributed by atoms with van der Waals surface area (Å²) in [5.41, 5.74) is 3.62. The summed E-state index contributed by atoms with van der Waals surface area (Å²) < 4.78 is 0. The molecule has 0 heterocycles. The molecule has 0 radical (unpaired) electrons. The van der Waals surface area contributed by atoms with E-state index in [2.05, 4.69) is 0 Å². The molecule has 0 aliphatic carbocycles. The Morgan fingerprint density at radius 2 is 1.80 bits per heavy atom. The Balaban J connectivity index is 0.000000921. The molecule has 0 aliphatic rings. The highest BCUT2D eigenvalue weighted by molar-refractivity contribution is 5.90. The number of carbonyl (C=O) groups is 1. The smallest absolute Gasteiger partial charge is 0.267 e. The summed E-state index contributed by atoms with van der Waals surface area (Å²) in [6, 6.07) is 7.71. The molecule has 0 atom stereocenters. The van der Waals surface area contributed by atoms with Gasteiger partial charge in [-0.25, -0.2) is 5.48 Å². The predicted molar refractivity (Wildman–Crippen MR) is 61.5 cm³/mol. The van der Waals surface area contributed by atoms with Crippen LogP contribution in [0.15, 0.2) is 30.3 Å². The van der Waals surface area contributed by atoms with Crippen LogP contribution in [0.5, 0.6) is 0 Å². The number of hydroxylamine groups is 1. The van der Waals surface area contributed by atoms with E-state index < -0.39 is 5.91 Å². The average Bonchev–Trinajstić information content (AvgIpc) is 2.30. The number of rotatable bonds is 2. The number of benzene rings is 1. The van der Waals surface area contributed by atoms with Crippen LogP contribution in [-0.4, -0.2) is 11.1 Å². The quantitative estimate of drug-likeness (QED) is 0.445. The molecule has 1 amide bonds. The lowest BCUT2D eigenvalue weighted by atomic mass is 10.1. The van der Waals surface area contributed by atoms with Gasteiger partial charge in [0.1, 0.15) is 0 Å². The van der Waals surface area contributed by atoms with E-state index in [0.717, 1.165) is 5.56 Å². The first kappa shape index (κ1) is 13.4. The highest BCUT2D eigenvalue weighted by Crippen LogP contribution is 2.04. The first-order valence-corrected chi connectivity index (χ1v) is 4.91. The third-order valence-corrected chi connectivity index (χ3v) is 1.61. The van der Waals surface area contributed by atoms with Crippen molar-refractivity contribution in [1.29, 1.82) is 0 Å². The molecule has 0 fully saturated rings. The van der Waals surface area contributed by atoms with E-state index in [9.17, 15) is 4.79 Å². The molecule has 0 saturated carbocycles. The second kappa shape index (κ2) is 7.76. The van der Waals surface area contributed by atoms with Crippen LogP contribution in [0.3, 0.4) is 0 Å². The molecule has 82 valence electrons. The second-order valence-corrected chi connectivity index (χ2v) is 2.72. The van der Waals surface area contributed by atoms with Crippen molar-refractivity contribution < 1.29 is 10.0 Å². The fraction of sp³-hybridized carbons (Fsp3) is 0.250. The van der Waals surface area contributed by atoms with Crippen molar-refractivity contribution in [3.8, 4) is 0 Å². The molecule has 0 spiro atoms. The topological polar surface area (TPSA) is 49.3 Å². The number of hydrogen-bond donors (Lipinski definition) is 2. The molecule has 1 aromatic carbocycles. The fourth-order valence-electron chi connectivity index (χ4n) is 0.887. The lowest BCUT2D eigenvalue weighted by Crippen LogP contribution is -2.14. The van der Waals surface area contributed by atoms with Crippen molar-refractivity contribution in [3.63, 3.8) is 0 Å². The van der Waals surface area contributed by atoms with Gasteiger partial charge in [-0.05, 0) is 18.6 Å². The average molecular weight is 207 g/mol. The third-order valence-electron chi connectivity index (χ3n) is 1.61. The summed E-state index contributed by atoms with van der Waals surface area (Å²) >= 11 is 0. The molecular formula is C12H17NO2. The lowest BCUT2D eigenvalue weighted by molar-refractivity contribution is -0.124. The summed E-state index contributed by atoms with van der Waals surface area (Å²) in [6.07, 6.45) is 2.90. The highest BCUT2D eigenvalue weighted by Gasteiger charge is 1.90. The van der Waals surface area contributed by atoms with Crippen LogP contribution in [0.2, 0.25) is 0 Å². The van der Waals surface area contributed by atoms with E-state index in [0.29, 0.717) is 0 Å². The highest BCUT2D eigenvalue weighted by atomic mass is 16.5. The lowest BCUT2D eigenvalue weighted by Gasteiger charge is -1.94. The second-order valence-electron chi connectivity index (χ2n) is 2.72. The minimum Gasteiger partial charge on any atom is -0.288 e. The molecule has 3 heteroatoms. The zero-order chi connectivity index (χ0) is 11.7. The third kappa shape index (κ3) is 5.65. The van der Waals surface area contributed by atoms with Crippen molar-refractivity contribution >= 4 is 12.0 Å². The minimum atomic E-state index is -0.527. The summed E-state index contributed by atoms with van der Waals surface area (Å²) in [5, 5.41) is 8.21. The Morgan fingerprint density at radius 1 is 1.27 bits per heavy atom. The summed E-state index contributed by atoms with van der Waals surface area (Å²) in [7, 11) is 0. The Hall–Kier alpha value is -1.61. The maximum atomic E-state index is 10.6. The van der Waals surface area contributed by atoms with Gasteiger partial charge in [0.2, 0.25) is 0 Å². The van der Waals surface area contributed by atoms with Crippen LogP contribution < -0.4 is 5.48 Å². The van der Waals surface area contributed by atoms with E-state index in [1.165, 1.54) is 17.1 Å². The minimum absolute atomic E-state index is 0.527. The van der Waals surface area contributed by atoms with Gasteiger partial charge in [-0.2, -0.15) is 0 Å². The number of amides is 1. The van der Waals surface area contributed by atoms with Crippen LogP contribution in [0.25, 0.3) is 6.08 Å². The maximum Gasteiger partial charge on any atom is 0.267 e. The van der Waals surface area contributed by atoms with Gasteiger partial charge >= 0.3 is 0 Å². The van der Waals surface area contributed by atoms with E-state index in [1.807, 2.05) is 45.0 Å². The van der Waals surface area contributed by atoms with Crippen LogP contribution in [-0.2, 0) is 4.79 Å². The van der Waals surface area contributed by atoms with Crippen molar-refractivity contribution in [2.75, 3.05) is 0 Å². The maximum absolute atomic E-state index is 10.6. The molecule has 0 unspecified atom stereocenters.